The molecule has 0 aliphatic heterocycles. The molecule has 0 saturated heterocycles. The zero-order valence-electron chi connectivity index (χ0n) is 11.5. The minimum atomic E-state index is -0.618. The van der Waals surface area contributed by atoms with Crippen molar-refractivity contribution in [1.29, 1.82) is 0 Å². The van der Waals surface area contributed by atoms with Gasteiger partial charge in [-0.25, -0.2) is 0 Å². The first-order valence-electron chi connectivity index (χ1n) is 6.33. The average molecular weight is 281 g/mol. The highest BCUT2D eigenvalue weighted by Crippen LogP contribution is 2.28. The number of aromatic hydroxyl groups is 1. The molecule has 110 valence electrons. The SMILES string of the molecule is CC(C)CC(CN)C(=O)Nc1ccc([N+](=O)[O-])cc1O. The van der Waals surface area contributed by atoms with E-state index in [1.54, 1.807) is 0 Å². The molecule has 4 N–H and O–H groups in total. The number of nitrogens with zero attached hydrogens (tertiary/aromatic N) is 1. The van der Waals surface area contributed by atoms with Crippen molar-refractivity contribution in [2.75, 3.05) is 11.9 Å². The first-order valence-corrected chi connectivity index (χ1v) is 6.33. The van der Waals surface area contributed by atoms with Crippen LogP contribution in [0.1, 0.15) is 20.3 Å². The highest BCUT2D eigenvalue weighted by Gasteiger charge is 2.20. The summed E-state index contributed by atoms with van der Waals surface area (Å²) >= 11 is 0. The third-order valence-corrected chi connectivity index (χ3v) is 2.86. The molecule has 0 spiro atoms. The van der Waals surface area contributed by atoms with Gasteiger partial charge in [-0.15, -0.1) is 0 Å². The van der Waals surface area contributed by atoms with Gasteiger partial charge in [0, 0.05) is 12.6 Å². The van der Waals surface area contributed by atoms with E-state index in [4.69, 9.17) is 5.73 Å². The molecule has 0 aromatic heterocycles. The van der Waals surface area contributed by atoms with Gasteiger partial charge in [0.1, 0.15) is 5.75 Å². The lowest BCUT2D eigenvalue weighted by Crippen LogP contribution is -2.30. The number of nitro groups is 1. The Morgan fingerprint density at radius 3 is 2.60 bits per heavy atom. The van der Waals surface area contributed by atoms with E-state index in [9.17, 15) is 20.0 Å². The molecule has 7 nitrogen and oxygen atoms in total. The highest BCUT2D eigenvalue weighted by molar-refractivity contribution is 5.94. The second-order valence-electron chi connectivity index (χ2n) is 5.01. The van der Waals surface area contributed by atoms with Crippen LogP contribution in [0.4, 0.5) is 11.4 Å². The fourth-order valence-electron chi connectivity index (χ4n) is 1.85. The van der Waals surface area contributed by atoms with Crippen molar-refractivity contribution in [3.63, 3.8) is 0 Å². The fourth-order valence-corrected chi connectivity index (χ4v) is 1.85. The molecule has 1 aromatic carbocycles. The summed E-state index contributed by atoms with van der Waals surface area (Å²) in [5.74, 6) is -0.678. The van der Waals surface area contributed by atoms with Crippen molar-refractivity contribution in [3.8, 4) is 5.75 Å². The van der Waals surface area contributed by atoms with E-state index in [2.05, 4.69) is 5.32 Å². The van der Waals surface area contributed by atoms with Gasteiger partial charge in [0.15, 0.2) is 0 Å². The normalized spacial score (nSPS) is 12.2. The first-order chi connectivity index (χ1) is 9.35. The number of anilines is 1. The molecule has 7 heteroatoms. The number of benzene rings is 1. The number of nitro benzene ring substituents is 1. The summed E-state index contributed by atoms with van der Waals surface area (Å²) in [5.41, 5.74) is 5.47. The molecule has 0 radical (unpaired) electrons. The summed E-state index contributed by atoms with van der Waals surface area (Å²) in [6.45, 7) is 4.18. The van der Waals surface area contributed by atoms with Crippen molar-refractivity contribution in [2.45, 2.75) is 20.3 Å². The molecule has 0 aliphatic rings. The van der Waals surface area contributed by atoms with E-state index in [0.29, 0.717) is 12.3 Å². The van der Waals surface area contributed by atoms with E-state index in [1.807, 2.05) is 13.8 Å². The molecule has 1 unspecified atom stereocenters. The van der Waals surface area contributed by atoms with Crippen molar-refractivity contribution < 1.29 is 14.8 Å². The second kappa shape index (κ2) is 6.85. The Labute approximate surface area is 116 Å². The van der Waals surface area contributed by atoms with Gasteiger partial charge in [0.25, 0.3) is 5.69 Å². The molecule has 1 aromatic rings. The second-order valence-corrected chi connectivity index (χ2v) is 5.01. The maximum Gasteiger partial charge on any atom is 0.273 e. The van der Waals surface area contributed by atoms with Gasteiger partial charge < -0.3 is 16.2 Å². The van der Waals surface area contributed by atoms with Crippen molar-refractivity contribution in [3.05, 3.63) is 28.3 Å². The quantitative estimate of drug-likeness (QED) is 0.418. The van der Waals surface area contributed by atoms with Crippen molar-refractivity contribution >= 4 is 17.3 Å². The van der Waals surface area contributed by atoms with Crippen LogP contribution < -0.4 is 11.1 Å². The minimum Gasteiger partial charge on any atom is -0.506 e. The molecule has 1 rings (SSSR count). The topological polar surface area (TPSA) is 118 Å². The zero-order valence-corrected chi connectivity index (χ0v) is 11.5. The van der Waals surface area contributed by atoms with Crippen molar-refractivity contribution in [1.82, 2.24) is 0 Å². The molecule has 0 aliphatic carbocycles. The van der Waals surface area contributed by atoms with E-state index < -0.39 is 4.92 Å². The third-order valence-electron chi connectivity index (χ3n) is 2.86. The number of nitrogens with two attached hydrogens (primary N) is 1. The van der Waals surface area contributed by atoms with Crippen LogP contribution in [-0.2, 0) is 4.79 Å². The number of carbonyl (C=O) groups is 1. The van der Waals surface area contributed by atoms with Gasteiger partial charge in [-0.2, -0.15) is 0 Å². The van der Waals surface area contributed by atoms with Gasteiger partial charge in [-0.05, 0) is 18.4 Å². The number of amides is 1. The lowest BCUT2D eigenvalue weighted by Gasteiger charge is -2.17. The van der Waals surface area contributed by atoms with E-state index in [1.165, 1.54) is 12.1 Å². The molecule has 20 heavy (non-hydrogen) atoms. The maximum atomic E-state index is 12.0. The van der Waals surface area contributed by atoms with Crippen LogP contribution in [0.25, 0.3) is 0 Å². The molecule has 0 fully saturated rings. The Bertz CT molecular complexity index is 502. The standard InChI is InChI=1S/C13H19N3O4/c1-8(2)5-9(7-14)13(18)15-11-4-3-10(16(19)20)6-12(11)17/h3-4,6,8-9,17H,5,7,14H2,1-2H3,(H,15,18). The summed E-state index contributed by atoms with van der Waals surface area (Å²) in [4.78, 5) is 21.9. The van der Waals surface area contributed by atoms with Crippen LogP contribution in [0.15, 0.2) is 18.2 Å². The Balaban J connectivity index is 2.82. The summed E-state index contributed by atoms with van der Waals surface area (Å²) in [6.07, 6.45) is 0.635. The predicted octanol–water partition coefficient (Wildman–Crippen LogP) is 1.86. The van der Waals surface area contributed by atoms with E-state index in [-0.39, 0.29) is 35.5 Å². The zero-order chi connectivity index (χ0) is 15.3. The van der Waals surface area contributed by atoms with Crippen LogP contribution in [0.5, 0.6) is 5.75 Å². The molecular weight excluding hydrogens is 262 g/mol. The molecular formula is C13H19N3O4. The third kappa shape index (κ3) is 4.20. The van der Waals surface area contributed by atoms with E-state index in [0.717, 1.165) is 6.07 Å². The maximum absolute atomic E-state index is 12.0. The molecule has 0 saturated carbocycles. The largest absolute Gasteiger partial charge is 0.506 e. The summed E-state index contributed by atoms with van der Waals surface area (Å²) in [6, 6.07) is 3.51. The number of hydrogen-bond acceptors (Lipinski definition) is 5. The van der Waals surface area contributed by atoms with Gasteiger partial charge in [-0.1, -0.05) is 13.8 Å². The van der Waals surface area contributed by atoms with Crippen LogP contribution in [0.2, 0.25) is 0 Å². The number of phenols is 1. The fraction of sp³-hybridized carbons (Fsp3) is 0.462. The monoisotopic (exact) mass is 281 g/mol. The molecule has 0 heterocycles. The Morgan fingerprint density at radius 1 is 1.50 bits per heavy atom. The van der Waals surface area contributed by atoms with Gasteiger partial charge in [0.2, 0.25) is 5.91 Å². The van der Waals surface area contributed by atoms with Crippen LogP contribution in [-0.4, -0.2) is 22.5 Å². The number of carbonyl (C=O) groups excluding carboxylic acids is 1. The molecule has 1 atom stereocenters. The van der Waals surface area contributed by atoms with Crippen LogP contribution in [0.3, 0.4) is 0 Å². The predicted molar refractivity (Wildman–Crippen MR) is 75.4 cm³/mol. The first kappa shape index (κ1) is 15.9. The van der Waals surface area contributed by atoms with Crippen LogP contribution >= 0.6 is 0 Å². The van der Waals surface area contributed by atoms with Crippen LogP contribution in [0, 0.1) is 22.0 Å². The number of hydrogen-bond donors (Lipinski definition) is 3. The van der Waals surface area contributed by atoms with Gasteiger partial charge >= 0.3 is 0 Å². The summed E-state index contributed by atoms with van der Waals surface area (Å²) in [7, 11) is 0. The number of phenolic OH excluding ortho intramolecular Hbond substituents is 1. The molecule has 0 bridgehead atoms. The number of nitrogens with one attached hydrogen (secondary N) is 1. The summed E-state index contributed by atoms with van der Waals surface area (Å²) in [5, 5.41) is 22.8. The minimum absolute atomic E-state index is 0.141. The van der Waals surface area contributed by atoms with Crippen molar-refractivity contribution in [2.24, 2.45) is 17.6 Å². The van der Waals surface area contributed by atoms with Gasteiger partial charge in [-0.3, -0.25) is 14.9 Å². The summed E-state index contributed by atoms with van der Waals surface area (Å²) < 4.78 is 0. The van der Waals surface area contributed by atoms with E-state index >= 15 is 0 Å². The number of rotatable bonds is 6. The lowest BCUT2D eigenvalue weighted by atomic mass is 9.96. The number of non-ortho nitro benzene ring substituents is 1. The smallest absolute Gasteiger partial charge is 0.273 e. The van der Waals surface area contributed by atoms with Gasteiger partial charge in [0.05, 0.1) is 22.6 Å². The Hall–Kier alpha value is -2.15. The Morgan fingerprint density at radius 2 is 2.15 bits per heavy atom. The Kier molecular flexibility index (Phi) is 5.45. The lowest BCUT2D eigenvalue weighted by molar-refractivity contribution is -0.384. The highest BCUT2D eigenvalue weighted by atomic mass is 16.6. The molecule has 1 amide bonds. The average Bonchev–Trinajstić information content (AvgIpc) is 2.37.